The van der Waals surface area contributed by atoms with Crippen LogP contribution < -0.4 is 0 Å². The summed E-state index contributed by atoms with van der Waals surface area (Å²) in [5, 5.41) is 1.01. The van der Waals surface area contributed by atoms with Crippen LogP contribution in [0.2, 0.25) is 12.1 Å². The van der Waals surface area contributed by atoms with E-state index in [1.165, 1.54) is 0 Å². The van der Waals surface area contributed by atoms with Gasteiger partial charge in [0.1, 0.15) is 0 Å². The minimum Gasteiger partial charge on any atom is -0.373 e. The van der Waals surface area contributed by atoms with E-state index in [2.05, 4.69) is 55.4 Å². The van der Waals surface area contributed by atoms with Gasteiger partial charge in [0.2, 0.25) is 0 Å². The second kappa shape index (κ2) is 27.5. The Morgan fingerprint density at radius 3 is 0.923 bits per heavy atom. The minimum atomic E-state index is -2.61. The molecule has 0 aliphatic heterocycles. The van der Waals surface area contributed by atoms with Gasteiger partial charge in [0, 0.05) is 62.2 Å². The standard InChI is InChI=1S/C26H58O6S5Si2/c1-9-17-27-38(28-18-10-2,29-19-11-3)23-15-25(7)33-35-37-36-34-26(8)16-24-39(30-20-12-4,31-21-13-5)32-22-14-6/h25-26H,9-24H2,1-8H3. The summed E-state index contributed by atoms with van der Waals surface area (Å²) in [6, 6.07) is 1.77. The zero-order valence-electron chi connectivity index (χ0n) is 26.0. The second-order valence-electron chi connectivity index (χ2n) is 9.55. The molecule has 0 aromatic carbocycles. The molecule has 236 valence electrons. The van der Waals surface area contributed by atoms with Gasteiger partial charge >= 0.3 is 17.6 Å². The molecule has 0 radical (unpaired) electrons. The lowest BCUT2D eigenvalue weighted by Gasteiger charge is -2.30. The van der Waals surface area contributed by atoms with Crippen molar-refractivity contribution in [2.24, 2.45) is 0 Å². The Morgan fingerprint density at radius 1 is 0.436 bits per heavy atom. The van der Waals surface area contributed by atoms with Gasteiger partial charge in [-0.2, -0.15) is 0 Å². The molecule has 0 aromatic heterocycles. The van der Waals surface area contributed by atoms with Crippen molar-refractivity contribution in [1.29, 1.82) is 0 Å². The normalized spacial score (nSPS) is 14.2. The summed E-state index contributed by atoms with van der Waals surface area (Å²) >= 11 is 0. The lowest BCUT2D eigenvalue weighted by atomic mass is 10.4. The van der Waals surface area contributed by atoms with E-state index in [4.69, 9.17) is 26.6 Å². The average Bonchev–Trinajstić information content (AvgIpc) is 2.95. The molecule has 2 unspecified atom stereocenters. The molecule has 0 spiro atoms. The minimum absolute atomic E-state index is 0.506. The molecule has 0 fully saturated rings. The second-order valence-corrected chi connectivity index (χ2v) is 23.5. The zero-order chi connectivity index (χ0) is 29.2. The van der Waals surface area contributed by atoms with Crippen molar-refractivity contribution < 1.29 is 26.6 Å². The molecule has 0 saturated heterocycles. The molecule has 0 aliphatic rings. The van der Waals surface area contributed by atoms with Gasteiger partial charge in [0.15, 0.2) is 0 Å². The summed E-state index contributed by atoms with van der Waals surface area (Å²) in [4.78, 5) is 0. The number of rotatable bonds is 30. The van der Waals surface area contributed by atoms with E-state index < -0.39 is 17.6 Å². The molecule has 6 nitrogen and oxygen atoms in total. The molecule has 0 N–H and O–H groups in total. The monoisotopic (exact) mass is 682 g/mol. The molecule has 0 bridgehead atoms. The number of hydrogen-bond donors (Lipinski definition) is 0. The SMILES string of the molecule is CCCO[Si](CCC(C)SSSSSC(C)CC[Si](OCCC)(OCCC)OCCC)(OCCC)OCCC. The van der Waals surface area contributed by atoms with Crippen molar-refractivity contribution in [2.45, 2.75) is 129 Å². The molecule has 13 heteroatoms. The van der Waals surface area contributed by atoms with Crippen LogP contribution in [0.1, 0.15) is 107 Å². The molecular weight excluding hydrogens is 625 g/mol. The van der Waals surface area contributed by atoms with Crippen LogP contribution in [0.5, 0.6) is 0 Å². The van der Waals surface area contributed by atoms with Crippen LogP contribution >= 0.6 is 51.1 Å². The third-order valence-electron chi connectivity index (χ3n) is 5.33. The van der Waals surface area contributed by atoms with Crippen LogP contribution in [0.25, 0.3) is 0 Å². The third kappa shape index (κ3) is 21.3. The largest absolute Gasteiger partial charge is 0.500 e. The fourth-order valence-electron chi connectivity index (χ4n) is 3.26. The van der Waals surface area contributed by atoms with Crippen molar-refractivity contribution in [2.75, 3.05) is 39.6 Å². The van der Waals surface area contributed by atoms with Crippen molar-refractivity contribution in [1.82, 2.24) is 0 Å². The van der Waals surface area contributed by atoms with Crippen LogP contribution in [0.3, 0.4) is 0 Å². The highest BCUT2D eigenvalue weighted by Crippen LogP contribution is 2.52. The molecule has 0 amide bonds. The fraction of sp³-hybridized carbons (Fsp3) is 1.00. The maximum Gasteiger partial charge on any atom is 0.500 e. The van der Waals surface area contributed by atoms with Crippen LogP contribution in [0.4, 0.5) is 0 Å². The highest BCUT2D eigenvalue weighted by Gasteiger charge is 2.42. The van der Waals surface area contributed by atoms with Crippen molar-refractivity contribution in [3.8, 4) is 0 Å². The van der Waals surface area contributed by atoms with E-state index in [0.717, 1.165) is 63.5 Å². The third-order valence-corrected chi connectivity index (χ3v) is 20.6. The fourth-order valence-corrected chi connectivity index (χ4v) is 19.5. The summed E-state index contributed by atoms with van der Waals surface area (Å²) in [6.07, 6.45) is 7.97. The van der Waals surface area contributed by atoms with Gasteiger partial charge < -0.3 is 26.6 Å². The smallest absolute Gasteiger partial charge is 0.373 e. The Morgan fingerprint density at radius 2 is 0.692 bits per heavy atom. The Kier molecular flexibility index (Phi) is 28.9. The Balaban J connectivity index is 4.53. The topological polar surface area (TPSA) is 55.4 Å². The molecule has 0 saturated carbocycles. The van der Waals surface area contributed by atoms with Crippen molar-refractivity contribution >= 4 is 68.7 Å². The first-order chi connectivity index (χ1) is 18.9. The van der Waals surface area contributed by atoms with Gasteiger partial charge in [-0.3, -0.25) is 0 Å². The predicted molar refractivity (Wildman–Crippen MR) is 185 cm³/mol. The van der Waals surface area contributed by atoms with Gasteiger partial charge in [-0.15, -0.1) is 0 Å². The van der Waals surface area contributed by atoms with Gasteiger partial charge in [0.05, 0.1) is 0 Å². The highest BCUT2D eigenvalue weighted by molar-refractivity contribution is 9.35. The lowest BCUT2D eigenvalue weighted by Crippen LogP contribution is -2.47. The Labute approximate surface area is 262 Å². The zero-order valence-corrected chi connectivity index (χ0v) is 32.0. The maximum atomic E-state index is 6.26. The number of hydrogen-bond acceptors (Lipinski definition) is 11. The van der Waals surface area contributed by atoms with E-state index in [-0.39, 0.29) is 0 Å². The first-order valence-electron chi connectivity index (χ1n) is 15.0. The molecule has 0 aliphatic carbocycles. The van der Waals surface area contributed by atoms with Crippen LogP contribution in [-0.2, 0) is 26.6 Å². The van der Waals surface area contributed by atoms with Gasteiger partial charge in [-0.05, 0) is 80.8 Å². The van der Waals surface area contributed by atoms with Crippen LogP contribution in [-0.4, -0.2) is 67.8 Å². The van der Waals surface area contributed by atoms with E-state index in [9.17, 15) is 0 Å². The Bertz CT molecular complexity index is 458. The Hall–Kier alpha value is 1.94. The van der Waals surface area contributed by atoms with Gasteiger partial charge in [-0.25, -0.2) is 0 Å². The summed E-state index contributed by atoms with van der Waals surface area (Å²) < 4.78 is 37.5. The van der Waals surface area contributed by atoms with Crippen molar-refractivity contribution in [3.63, 3.8) is 0 Å². The average molecular weight is 683 g/mol. The van der Waals surface area contributed by atoms with Gasteiger partial charge in [-0.1, -0.05) is 77.0 Å². The lowest BCUT2D eigenvalue weighted by molar-refractivity contribution is 0.0582. The van der Waals surface area contributed by atoms with E-state index in [1.807, 2.05) is 51.1 Å². The first-order valence-corrected chi connectivity index (χ1v) is 25.2. The van der Waals surface area contributed by atoms with Crippen molar-refractivity contribution in [3.05, 3.63) is 0 Å². The molecule has 2 atom stereocenters. The molecule has 0 aromatic rings. The predicted octanol–water partition coefficient (Wildman–Crippen LogP) is 10.3. The molecule has 0 rings (SSSR count). The van der Waals surface area contributed by atoms with Crippen LogP contribution in [0, 0.1) is 0 Å². The summed E-state index contributed by atoms with van der Waals surface area (Å²) in [5.41, 5.74) is 0. The van der Waals surface area contributed by atoms with E-state index in [0.29, 0.717) is 50.1 Å². The summed E-state index contributed by atoms with van der Waals surface area (Å²) in [5.74, 6) is 0. The quantitative estimate of drug-likeness (QED) is 0.0413. The molecular formula is C26H58O6S5Si2. The van der Waals surface area contributed by atoms with Gasteiger partial charge in [0.25, 0.3) is 0 Å². The van der Waals surface area contributed by atoms with Crippen LogP contribution in [0.15, 0.2) is 0 Å². The summed E-state index contributed by atoms with van der Waals surface area (Å²) in [7, 11) is 4.24. The highest BCUT2D eigenvalue weighted by atomic mass is 33.8. The molecule has 39 heavy (non-hydrogen) atoms. The van der Waals surface area contributed by atoms with E-state index in [1.54, 1.807) is 0 Å². The maximum absolute atomic E-state index is 6.26. The molecule has 0 heterocycles. The van der Waals surface area contributed by atoms with E-state index >= 15 is 0 Å². The summed E-state index contributed by atoms with van der Waals surface area (Å²) in [6.45, 7) is 21.7. The first kappa shape index (κ1) is 40.9.